The predicted molar refractivity (Wildman–Crippen MR) is 92.5 cm³/mol. The predicted octanol–water partition coefficient (Wildman–Crippen LogP) is 3.45. The van der Waals surface area contributed by atoms with E-state index in [1.807, 2.05) is 49.5 Å². The molecule has 0 aliphatic heterocycles. The quantitative estimate of drug-likeness (QED) is 0.676. The van der Waals surface area contributed by atoms with Crippen LogP contribution in [0.2, 0.25) is 0 Å². The molecule has 0 fully saturated rings. The summed E-state index contributed by atoms with van der Waals surface area (Å²) in [5.74, 6) is 0.769. The van der Waals surface area contributed by atoms with Gasteiger partial charge in [0.15, 0.2) is 0 Å². The first kappa shape index (κ1) is 15.8. The molecule has 0 atom stereocenters. The van der Waals surface area contributed by atoms with Gasteiger partial charge in [0.1, 0.15) is 5.76 Å². The number of rotatable bonds is 5. The van der Waals surface area contributed by atoms with E-state index in [9.17, 15) is 4.79 Å². The molecular formula is C19H19N3O2. The summed E-state index contributed by atoms with van der Waals surface area (Å²) < 4.78 is 7.03. The summed E-state index contributed by atoms with van der Waals surface area (Å²) in [6.07, 6.45) is 8.59. The van der Waals surface area contributed by atoms with Crippen LogP contribution in [0, 0.1) is 6.92 Å². The van der Waals surface area contributed by atoms with Gasteiger partial charge < -0.3 is 9.32 Å². The Balaban J connectivity index is 1.64. The number of hydrogen-bond donors (Lipinski definition) is 0. The van der Waals surface area contributed by atoms with Crippen molar-refractivity contribution in [1.82, 2.24) is 14.7 Å². The third-order valence-corrected chi connectivity index (χ3v) is 3.79. The smallest absolute Gasteiger partial charge is 0.246 e. The fourth-order valence-electron chi connectivity index (χ4n) is 2.35. The van der Waals surface area contributed by atoms with Crippen molar-refractivity contribution < 1.29 is 9.21 Å². The highest BCUT2D eigenvalue weighted by Gasteiger charge is 2.09. The molecule has 0 aliphatic carbocycles. The lowest BCUT2D eigenvalue weighted by atomic mass is 10.2. The lowest BCUT2D eigenvalue weighted by Crippen LogP contribution is -2.24. The summed E-state index contributed by atoms with van der Waals surface area (Å²) in [6.45, 7) is 2.41. The first-order valence-electron chi connectivity index (χ1n) is 7.70. The molecule has 0 bridgehead atoms. The van der Waals surface area contributed by atoms with Crippen LogP contribution in [0.1, 0.15) is 16.9 Å². The van der Waals surface area contributed by atoms with Gasteiger partial charge in [-0.2, -0.15) is 5.10 Å². The molecule has 0 radical (unpaired) electrons. The lowest BCUT2D eigenvalue weighted by molar-refractivity contribution is -0.125. The molecule has 0 saturated carbocycles. The zero-order chi connectivity index (χ0) is 16.9. The normalized spacial score (nSPS) is 11.1. The lowest BCUT2D eigenvalue weighted by Gasteiger charge is -2.14. The number of benzene rings is 1. The van der Waals surface area contributed by atoms with Crippen molar-refractivity contribution in [1.29, 1.82) is 0 Å². The van der Waals surface area contributed by atoms with E-state index in [0.29, 0.717) is 6.54 Å². The molecule has 5 nitrogen and oxygen atoms in total. The Morgan fingerprint density at radius 1 is 1.29 bits per heavy atom. The fraction of sp³-hybridized carbons (Fsp3) is 0.158. The molecule has 24 heavy (non-hydrogen) atoms. The molecule has 2 heterocycles. The topological polar surface area (TPSA) is 51.3 Å². The molecule has 1 amide bonds. The highest BCUT2D eigenvalue weighted by atomic mass is 16.3. The summed E-state index contributed by atoms with van der Waals surface area (Å²) >= 11 is 0. The molecule has 122 valence electrons. The number of amides is 1. The third-order valence-electron chi connectivity index (χ3n) is 3.79. The zero-order valence-corrected chi connectivity index (χ0v) is 13.7. The van der Waals surface area contributed by atoms with Gasteiger partial charge in [0.25, 0.3) is 0 Å². The number of likely N-dealkylation sites (N-methyl/N-ethyl adjacent to an activating group) is 1. The number of para-hydroxylation sites is 1. The van der Waals surface area contributed by atoms with Crippen molar-refractivity contribution in [3.8, 4) is 5.69 Å². The van der Waals surface area contributed by atoms with Gasteiger partial charge in [-0.3, -0.25) is 4.79 Å². The second-order valence-electron chi connectivity index (χ2n) is 5.58. The van der Waals surface area contributed by atoms with Gasteiger partial charge >= 0.3 is 0 Å². The molecule has 3 rings (SSSR count). The van der Waals surface area contributed by atoms with Crippen LogP contribution in [0.3, 0.4) is 0 Å². The van der Waals surface area contributed by atoms with Gasteiger partial charge in [0.05, 0.1) is 18.1 Å². The van der Waals surface area contributed by atoms with E-state index in [-0.39, 0.29) is 5.91 Å². The van der Waals surface area contributed by atoms with Gasteiger partial charge in [0.2, 0.25) is 5.91 Å². The first-order valence-corrected chi connectivity index (χ1v) is 7.70. The van der Waals surface area contributed by atoms with Crippen LogP contribution in [0.15, 0.2) is 65.5 Å². The average Bonchev–Trinajstić information content (AvgIpc) is 3.23. The molecule has 0 N–H and O–H groups in total. The molecule has 0 spiro atoms. The third kappa shape index (κ3) is 3.63. The van der Waals surface area contributed by atoms with E-state index in [2.05, 4.69) is 5.10 Å². The highest BCUT2D eigenvalue weighted by Crippen LogP contribution is 2.12. The van der Waals surface area contributed by atoms with E-state index >= 15 is 0 Å². The highest BCUT2D eigenvalue weighted by molar-refractivity contribution is 5.91. The summed E-state index contributed by atoms with van der Waals surface area (Å²) in [5.41, 5.74) is 2.87. The SMILES string of the molecule is Cc1occc1CN(C)C(=O)/C=C/c1cnn(-c2ccccc2)c1. The maximum absolute atomic E-state index is 12.2. The number of aryl methyl sites for hydroxylation is 1. The molecule has 3 aromatic rings. The number of nitrogens with zero attached hydrogens (tertiary/aromatic N) is 3. The largest absolute Gasteiger partial charge is 0.469 e. The Kier molecular flexibility index (Phi) is 4.61. The standard InChI is InChI=1S/C19H19N3O2/c1-15-17(10-11-24-15)14-21(2)19(23)9-8-16-12-20-22(13-16)18-6-4-3-5-7-18/h3-13H,14H2,1-2H3/b9-8+. The Morgan fingerprint density at radius 2 is 2.08 bits per heavy atom. The summed E-state index contributed by atoms with van der Waals surface area (Å²) in [5, 5.41) is 4.31. The van der Waals surface area contributed by atoms with Crippen LogP contribution in [-0.4, -0.2) is 27.6 Å². The molecule has 0 unspecified atom stereocenters. The Hall–Kier alpha value is -3.08. The van der Waals surface area contributed by atoms with E-state index < -0.39 is 0 Å². The van der Waals surface area contributed by atoms with Crippen molar-refractivity contribution >= 4 is 12.0 Å². The van der Waals surface area contributed by atoms with Crippen LogP contribution >= 0.6 is 0 Å². The van der Waals surface area contributed by atoms with E-state index in [1.165, 1.54) is 0 Å². The minimum atomic E-state index is -0.0666. The molecule has 0 aliphatic rings. The van der Waals surface area contributed by atoms with Crippen molar-refractivity contribution in [2.24, 2.45) is 0 Å². The van der Waals surface area contributed by atoms with Crippen molar-refractivity contribution in [2.45, 2.75) is 13.5 Å². The molecule has 1 aromatic carbocycles. The van der Waals surface area contributed by atoms with Gasteiger partial charge in [-0.25, -0.2) is 4.68 Å². The van der Waals surface area contributed by atoms with Gasteiger partial charge in [0, 0.05) is 37.0 Å². The second-order valence-corrected chi connectivity index (χ2v) is 5.58. The molecular weight excluding hydrogens is 302 g/mol. The van der Waals surface area contributed by atoms with Crippen molar-refractivity contribution in [3.05, 3.63) is 78.0 Å². The first-order chi connectivity index (χ1) is 11.6. The van der Waals surface area contributed by atoms with Crippen molar-refractivity contribution in [3.63, 3.8) is 0 Å². The van der Waals surface area contributed by atoms with E-state index in [1.54, 1.807) is 41.2 Å². The van der Waals surface area contributed by atoms with Crippen LogP contribution in [-0.2, 0) is 11.3 Å². The Labute approximate surface area is 140 Å². The number of carbonyl (C=O) groups excluding carboxylic acids is 1. The monoisotopic (exact) mass is 321 g/mol. The van der Waals surface area contributed by atoms with Gasteiger partial charge in [-0.1, -0.05) is 18.2 Å². The van der Waals surface area contributed by atoms with Crippen LogP contribution in [0.25, 0.3) is 11.8 Å². The van der Waals surface area contributed by atoms with E-state index in [0.717, 1.165) is 22.6 Å². The minimum absolute atomic E-state index is 0.0666. The minimum Gasteiger partial charge on any atom is -0.469 e. The van der Waals surface area contributed by atoms with Gasteiger partial charge in [-0.05, 0) is 31.2 Å². The number of hydrogen-bond acceptors (Lipinski definition) is 3. The van der Waals surface area contributed by atoms with Crippen molar-refractivity contribution in [2.75, 3.05) is 7.05 Å². The van der Waals surface area contributed by atoms with Crippen LogP contribution in [0.5, 0.6) is 0 Å². The second kappa shape index (κ2) is 7.00. The summed E-state index contributed by atoms with van der Waals surface area (Å²) in [7, 11) is 1.77. The Morgan fingerprint density at radius 3 is 2.79 bits per heavy atom. The number of aromatic nitrogens is 2. The van der Waals surface area contributed by atoms with E-state index in [4.69, 9.17) is 4.42 Å². The summed E-state index contributed by atoms with van der Waals surface area (Å²) in [6, 6.07) is 11.7. The molecule has 2 aromatic heterocycles. The fourth-order valence-corrected chi connectivity index (χ4v) is 2.35. The molecule has 0 saturated heterocycles. The number of carbonyl (C=O) groups is 1. The van der Waals surface area contributed by atoms with Gasteiger partial charge in [-0.15, -0.1) is 0 Å². The number of furan rings is 1. The maximum Gasteiger partial charge on any atom is 0.246 e. The van der Waals surface area contributed by atoms with Crippen LogP contribution < -0.4 is 0 Å². The average molecular weight is 321 g/mol. The zero-order valence-electron chi connectivity index (χ0n) is 13.7. The Bertz CT molecular complexity index is 846. The summed E-state index contributed by atoms with van der Waals surface area (Å²) in [4.78, 5) is 13.9. The van der Waals surface area contributed by atoms with Crippen LogP contribution in [0.4, 0.5) is 0 Å². The maximum atomic E-state index is 12.2. The molecule has 5 heteroatoms.